The van der Waals surface area contributed by atoms with E-state index in [1.807, 2.05) is 12.3 Å². The van der Waals surface area contributed by atoms with Crippen molar-refractivity contribution in [1.29, 1.82) is 0 Å². The zero-order valence-corrected chi connectivity index (χ0v) is 21.8. The number of nitrogen functional groups attached to an aromatic ring is 1. The molecule has 1 saturated carbocycles. The van der Waals surface area contributed by atoms with Crippen LogP contribution in [0.25, 0.3) is 33.2 Å². The third-order valence-electron chi connectivity index (χ3n) is 8.38. The molecule has 1 aliphatic heterocycles. The van der Waals surface area contributed by atoms with E-state index in [4.69, 9.17) is 15.6 Å². The van der Waals surface area contributed by atoms with Gasteiger partial charge in [0.05, 0.1) is 24.6 Å². The summed E-state index contributed by atoms with van der Waals surface area (Å²) in [4.78, 5) is 11.5. The monoisotopic (exact) mass is 525 g/mol. The lowest BCUT2D eigenvalue weighted by Crippen LogP contribution is -2.45. The van der Waals surface area contributed by atoms with Crippen molar-refractivity contribution in [3.63, 3.8) is 0 Å². The second kappa shape index (κ2) is 10.1. The molecule has 39 heavy (non-hydrogen) atoms. The van der Waals surface area contributed by atoms with Crippen molar-refractivity contribution in [2.24, 2.45) is 0 Å². The fourth-order valence-electron chi connectivity index (χ4n) is 6.38. The Kier molecular flexibility index (Phi) is 6.25. The molecule has 2 aliphatic rings. The molecule has 7 rings (SSSR count). The summed E-state index contributed by atoms with van der Waals surface area (Å²) in [5, 5.41) is 7.03. The molecule has 1 saturated heterocycles. The summed E-state index contributed by atoms with van der Waals surface area (Å²) >= 11 is 0. The summed E-state index contributed by atoms with van der Waals surface area (Å²) < 4.78 is 23.5. The molecule has 0 bridgehead atoms. The van der Waals surface area contributed by atoms with Crippen molar-refractivity contribution in [1.82, 2.24) is 29.2 Å². The minimum atomic E-state index is -0.219. The molecule has 3 aromatic heterocycles. The van der Waals surface area contributed by atoms with Gasteiger partial charge >= 0.3 is 0 Å². The van der Waals surface area contributed by atoms with Crippen LogP contribution in [0.5, 0.6) is 0 Å². The van der Waals surface area contributed by atoms with E-state index in [1.165, 1.54) is 12.4 Å². The summed E-state index contributed by atoms with van der Waals surface area (Å²) in [5.74, 6) is 0.232. The SMILES string of the molecule is Nc1ncnc2c1c(-c1ccc3c(ccn3Cc3cccc(F)c3)c1)nn2C1CCC(N2CCOCC2)CC1. The van der Waals surface area contributed by atoms with Gasteiger partial charge in [-0.2, -0.15) is 5.10 Å². The standard InChI is InChI=1S/C30H32FN7O/c31-23-3-1-2-20(16-23)18-37-11-10-21-17-22(4-9-26(21)37)28-27-29(32)33-19-34-30(27)38(35-28)25-7-5-24(6-8-25)36-12-14-39-15-13-36/h1-4,9-11,16-17,19,24-25H,5-8,12-15,18H2,(H2,32,33,34). The van der Waals surface area contributed by atoms with Crippen LogP contribution in [0.4, 0.5) is 10.2 Å². The van der Waals surface area contributed by atoms with Gasteiger partial charge in [-0.1, -0.05) is 18.2 Å². The van der Waals surface area contributed by atoms with E-state index in [0.717, 1.165) is 90.7 Å². The van der Waals surface area contributed by atoms with Crippen LogP contribution in [-0.4, -0.2) is 61.6 Å². The predicted molar refractivity (Wildman–Crippen MR) is 150 cm³/mol. The molecular weight excluding hydrogens is 493 g/mol. The fraction of sp³-hybridized carbons (Fsp3) is 0.367. The first kappa shape index (κ1) is 24.2. The van der Waals surface area contributed by atoms with Crippen LogP contribution in [0.2, 0.25) is 0 Å². The highest BCUT2D eigenvalue weighted by atomic mass is 19.1. The van der Waals surface area contributed by atoms with E-state index in [9.17, 15) is 4.39 Å². The summed E-state index contributed by atoms with van der Waals surface area (Å²) in [6.45, 7) is 4.33. The largest absolute Gasteiger partial charge is 0.383 e. The molecule has 1 aliphatic carbocycles. The van der Waals surface area contributed by atoms with E-state index in [-0.39, 0.29) is 11.9 Å². The van der Waals surface area contributed by atoms with Crippen LogP contribution in [0.1, 0.15) is 37.3 Å². The van der Waals surface area contributed by atoms with Crippen molar-refractivity contribution >= 4 is 27.8 Å². The number of ether oxygens (including phenoxy) is 1. The third kappa shape index (κ3) is 4.55. The van der Waals surface area contributed by atoms with Gasteiger partial charge in [-0.3, -0.25) is 4.90 Å². The van der Waals surface area contributed by atoms with Crippen molar-refractivity contribution in [2.75, 3.05) is 32.0 Å². The maximum absolute atomic E-state index is 13.7. The number of halogens is 1. The first-order chi connectivity index (χ1) is 19.1. The van der Waals surface area contributed by atoms with Gasteiger partial charge in [-0.15, -0.1) is 0 Å². The van der Waals surface area contributed by atoms with E-state index < -0.39 is 0 Å². The van der Waals surface area contributed by atoms with Gasteiger partial charge < -0.3 is 15.0 Å². The molecule has 0 spiro atoms. The van der Waals surface area contributed by atoms with Gasteiger partial charge in [-0.05, 0) is 61.6 Å². The van der Waals surface area contributed by atoms with Gasteiger partial charge in [0.1, 0.15) is 23.7 Å². The Morgan fingerprint density at radius 2 is 1.77 bits per heavy atom. The number of nitrogens with two attached hydrogens (primary N) is 1. The molecular formula is C30H32FN7O. The van der Waals surface area contributed by atoms with Crippen molar-refractivity contribution in [2.45, 2.75) is 44.3 Å². The average molecular weight is 526 g/mol. The minimum Gasteiger partial charge on any atom is -0.383 e. The zero-order valence-electron chi connectivity index (χ0n) is 21.8. The number of fused-ring (bicyclic) bond motifs is 2. The minimum absolute atomic E-state index is 0.219. The quantitative estimate of drug-likeness (QED) is 0.346. The highest BCUT2D eigenvalue weighted by Crippen LogP contribution is 2.37. The number of nitrogens with zero attached hydrogens (tertiary/aromatic N) is 6. The lowest BCUT2D eigenvalue weighted by molar-refractivity contribution is 0.00520. The number of rotatable bonds is 5. The van der Waals surface area contributed by atoms with Crippen molar-refractivity contribution in [3.05, 3.63) is 72.4 Å². The Morgan fingerprint density at radius 1 is 0.949 bits per heavy atom. The third-order valence-corrected chi connectivity index (χ3v) is 8.38. The smallest absolute Gasteiger partial charge is 0.164 e. The number of hydrogen-bond acceptors (Lipinski definition) is 6. The molecule has 0 amide bonds. The molecule has 0 unspecified atom stereocenters. The molecule has 8 nitrogen and oxygen atoms in total. The Morgan fingerprint density at radius 3 is 2.59 bits per heavy atom. The number of hydrogen-bond donors (Lipinski definition) is 1. The number of anilines is 1. The van der Waals surface area contributed by atoms with Crippen LogP contribution < -0.4 is 5.73 Å². The maximum atomic E-state index is 13.7. The van der Waals surface area contributed by atoms with Gasteiger partial charge in [0.15, 0.2) is 5.65 Å². The molecule has 2 fully saturated rings. The Balaban J connectivity index is 1.19. The number of morpholine rings is 1. The summed E-state index contributed by atoms with van der Waals surface area (Å²) in [6, 6.07) is 16.1. The van der Waals surface area contributed by atoms with E-state index in [1.54, 1.807) is 12.1 Å². The highest BCUT2D eigenvalue weighted by molar-refractivity contribution is 6.00. The Labute approximate surface area is 226 Å². The summed E-state index contributed by atoms with van der Waals surface area (Å²) in [5.41, 5.74) is 11.0. The van der Waals surface area contributed by atoms with E-state index in [0.29, 0.717) is 18.4 Å². The predicted octanol–water partition coefficient (Wildman–Crippen LogP) is 5.03. The molecule has 200 valence electrons. The lowest BCUT2D eigenvalue weighted by atomic mass is 9.90. The lowest BCUT2D eigenvalue weighted by Gasteiger charge is -2.38. The van der Waals surface area contributed by atoms with Crippen molar-refractivity contribution in [3.8, 4) is 11.3 Å². The molecule has 5 aromatic rings. The van der Waals surface area contributed by atoms with Gasteiger partial charge in [0, 0.05) is 48.3 Å². The van der Waals surface area contributed by atoms with Crippen LogP contribution in [0.3, 0.4) is 0 Å². The number of aromatic nitrogens is 5. The highest BCUT2D eigenvalue weighted by Gasteiger charge is 2.30. The molecule has 9 heteroatoms. The number of benzene rings is 2. The van der Waals surface area contributed by atoms with Crippen molar-refractivity contribution < 1.29 is 9.13 Å². The second-order valence-corrected chi connectivity index (χ2v) is 10.7. The van der Waals surface area contributed by atoms with Crippen LogP contribution in [0, 0.1) is 5.82 Å². The summed E-state index contributed by atoms with van der Waals surface area (Å²) in [7, 11) is 0. The summed E-state index contributed by atoms with van der Waals surface area (Å²) in [6.07, 6.45) is 7.99. The van der Waals surface area contributed by atoms with E-state index in [2.05, 4.69) is 48.4 Å². The normalized spacial score (nSPS) is 20.6. The molecule has 2 aromatic carbocycles. The molecule has 0 atom stereocenters. The average Bonchev–Trinajstić information content (AvgIpc) is 3.56. The van der Waals surface area contributed by atoms with Gasteiger partial charge in [0.25, 0.3) is 0 Å². The fourth-order valence-corrected chi connectivity index (χ4v) is 6.38. The Bertz CT molecular complexity index is 1630. The van der Waals surface area contributed by atoms with Crippen LogP contribution in [-0.2, 0) is 11.3 Å². The Hall–Kier alpha value is -3.82. The van der Waals surface area contributed by atoms with Gasteiger partial charge in [-0.25, -0.2) is 19.0 Å². The maximum Gasteiger partial charge on any atom is 0.164 e. The first-order valence-corrected chi connectivity index (χ1v) is 13.8. The molecule has 4 heterocycles. The zero-order chi connectivity index (χ0) is 26.3. The van der Waals surface area contributed by atoms with E-state index >= 15 is 0 Å². The molecule has 2 N–H and O–H groups in total. The first-order valence-electron chi connectivity index (χ1n) is 13.8. The second-order valence-electron chi connectivity index (χ2n) is 10.7. The van der Waals surface area contributed by atoms with Crippen LogP contribution >= 0.6 is 0 Å². The topological polar surface area (TPSA) is 87.0 Å². The van der Waals surface area contributed by atoms with Crippen LogP contribution in [0.15, 0.2) is 61.1 Å². The molecule has 0 radical (unpaired) electrons. The van der Waals surface area contributed by atoms with Gasteiger partial charge in [0.2, 0.25) is 0 Å².